The van der Waals surface area contributed by atoms with Gasteiger partial charge in [0.15, 0.2) is 0 Å². The molecule has 1 aromatic rings. The molecule has 5 heteroatoms. The summed E-state index contributed by atoms with van der Waals surface area (Å²) >= 11 is 3.39. The van der Waals surface area contributed by atoms with Gasteiger partial charge in [-0.3, -0.25) is 4.79 Å². The minimum Gasteiger partial charge on any atom is -0.496 e. The Kier molecular flexibility index (Phi) is 4.76. The van der Waals surface area contributed by atoms with E-state index in [9.17, 15) is 4.79 Å². The van der Waals surface area contributed by atoms with Crippen molar-refractivity contribution in [2.24, 2.45) is 0 Å². The molecule has 0 radical (unpaired) electrons. The molecule has 1 aromatic carbocycles. The molecule has 0 saturated heterocycles. The molecule has 0 aliphatic heterocycles. The highest BCUT2D eigenvalue weighted by Gasteiger charge is 2.09. The molecule has 0 spiro atoms. The van der Waals surface area contributed by atoms with Crippen LogP contribution in [0.15, 0.2) is 22.7 Å². The van der Waals surface area contributed by atoms with Gasteiger partial charge >= 0.3 is 5.97 Å². The van der Waals surface area contributed by atoms with E-state index in [0.717, 1.165) is 15.8 Å². The molecule has 1 atom stereocenters. The summed E-state index contributed by atoms with van der Waals surface area (Å²) in [5.74, 6) is -0.103. The second kappa shape index (κ2) is 5.86. The predicted octanol–water partition coefficient (Wildman–Crippen LogP) is 2.19. The summed E-state index contributed by atoms with van der Waals surface area (Å²) in [5, 5.41) is 11.5. The Morgan fingerprint density at radius 3 is 2.81 bits per heavy atom. The third-order valence-electron chi connectivity index (χ3n) is 2.24. The molecule has 0 aromatic heterocycles. The van der Waals surface area contributed by atoms with Gasteiger partial charge in [-0.05, 0) is 40.5 Å². The zero-order chi connectivity index (χ0) is 12.1. The van der Waals surface area contributed by atoms with Gasteiger partial charge in [-0.2, -0.15) is 0 Å². The molecule has 16 heavy (non-hydrogen) atoms. The van der Waals surface area contributed by atoms with E-state index in [1.807, 2.05) is 25.1 Å². The average Bonchev–Trinajstić information content (AvgIpc) is 2.25. The van der Waals surface area contributed by atoms with E-state index in [1.165, 1.54) is 0 Å². The minimum absolute atomic E-state index is 0.0155. The number of aliphatic carboxylic acids is 1. The first-order chi connectivity index (χ1) is 7.54. The highest BCUT2D eigenvalue weighted by atomic mass is 79.9. The average molecular weight is 288 g/mol. The molecule has 0 aliphatic rings. The van der Waals surface area contributed by atoms with Crippen molar-refractivity contribution in [2.45, 2.75) is 13.0 Å². The van der Waals surface area contributed by atoms with Crippen LogP contribution in [0.25, 0.3) is 0 Å². The van der Waals surface area contributed by atoms with Crippen LogP contribution in [-0.2, 0) is 4.79 Å². The number of hydrogen-bond donors (Lipinski definition) is 2. The quantitative estimate of drug-likeness (QED) is 0.872. The molecular weight excluding hydrogens is 274 g/mol. The van der Waals surface area contributed by atoms with Gasteiger partial charge in [0, 0.05) is 6.04 Å². The lowest BCUT2D eigenvalue weighted by atomic mass is 10.1. The lowest BCUT2D eigenvalue weighted by Gasteiger charge is -2.14. The number of halogens is 1. The third-order valence-corrected chi connectivity index (χ3v) is 2.86. The van der Waals surface area contributed by atoms with Crippen LogP contribution in [0.4, 0.5) is 0 Å². The molecule has 0 saturated carbocycles. The minimum atomic E-state index is -0.862. The van der Waals surface area contributed by atoms with Crippen LogP contribution in [0.3, 0.4) is 0 Å². The Hall–Kier alpha value is -1.07. The molecule has 1 rings (SSSR count). The number of carboxylic acids is 1. The SMILES string of the molecule is COc1ccc(C(C)NCC(=O)O)cc1Br. The van der Waals surface area contributed by atoms with Crippen molar-refractivity contribution in [2.75, 3.05) is 13.7 Å². The smallest absolute Gasteiger partial charge is 0.317 e. The zero-order valence-electron chi connectivity index (χ0n) is 9.16. The van der Waals surface area contributed by atoms with Gasteiger partial charge < -0.3 is 15.2 Å². The molecule has 0 amide bonds. The number of benzene rings is 1. The molecule has 0 fully saturated rings. The van der Waals surface area contributed by atoms with Gasteiger partial charge in [-0.25, -0.2) is 0 Å². The summed E-state index contributed by atoms with van der Waals surface area (Å²) in [6.07, 6.45) is 0. The summed E-state index contributed by atoms with van der Waals surface area (Å²) in [6.45, 7) is 1.86. The van der Waals surface area contributed by atoms with E-state index in [1.54, 1.807) is 7.11 Å². The van der Waals surface area contributed by atoms with Crippen LogP contribution in [0.1, 0.15) is 18.5 Å². The number of ether oxygens (including phenoxy) is 1. The Labute approximate surface area is 103 Å². The number of carboxylic acid groups (broad SMARTS) is 1. The number of carbonyl (C=O) groups is 1. The Bertz CT molecular complexity index is 381. The molecule has 1 unspecified atom stereocenters. The molecule has 0 aliphatic carbocycles. The molecule has 4 nitrogen and oxygen atoms in total. The highest BCUT2D eigenvalue weighted by Crippen LogP contribution is 2.27. The fourth-order valence-corrected chi connectivity index (χ4v) is 1.87. The van der Waals surface area contributed by atoms with Crippen LogP contribution in [-0.4, -0.2) is 24.7 Å². The van der Waals surface area contributed by atoms with E-state index >= 15 is 0 Å². The first-order valence-corrected chi connectivity index (χ1v) is 5.62. The second-order valence-corrected chi connectivity index (χ2v) is 4.24. The van der Waals surface area contributed by atoms with E-state index in [0.29, 0.717) is 0 Å². The zero-order valence-corrected chi connectivity index (χ0v) is 10.7. The fourth-order valence-electron chi connectivity index (χ4n) is 1.31. The second-order valence-electron chi connectivity index (χ2n) is 3.39. The molecule has 0 heterocycles. The van der Waals surface area contributed by atoms with Gasteiger partial charge in [0.05, 0.1) is 18.1 Å². The summed E-state index contributed by atoms with van der Waals surface area (Å²) in [5.41, 5.74) is 1.01. The van der Waals surface area contributed by atoms with Crippen LogP contribution in [0.5, 0.6) is 5.75 Å². The summed E-state index contributed by atoms with van der Waals surface area (Å²) in [4.78, 5) is 10.4. The van der Waals surface area contributed by atoms with Gasteiger partial charge in [0.1, 0.15) is 5.75 Å². The monoisotopic (exact) mass is 287 g/mol. The van der Waals surface area contributed by atoms with E-state index in [-0.39, 0.29) is 12.6 Å². The fraction of sp³-hybridized carbons (Fsp3) is 0.364. The number of rotatable bonds is 5. The van der Waals surface area contributed by atoms with Crippen molar-refractivity contribution in [1.82, 2.24) is 5.32 Å². The maximum atomic E-state index is 10.4. The van der Waals surface area contributed by atoms with Gasteiger partial charge in [-0.15, -0.1) is 0 Å². The Morgan fingerprint density at radius 2 is 2.31 bits per heavy atom. The van der Waals surface area contributed by atoms with E-state index in [2.05, 4.69) is 21.2 Å². The maximum absolute atomic E-state index is 10.4. The van der Waals surface area contributed by atoms with E-state index in [4.69, 9.17) is 9.84 Å². The van der Waals surface area contributed by atoms with Crippen molar-refractivity contribution in [1.29, 1.82) is 0 Å². The van der Waals surface area contributed by atoms with Crippen molar-refractivity contribution >= 4 is 21.9 Å². The van der Waals surface area contributed by atoms with Crippen molar-refractivity contribution in [3.05, 3.63) is 28.2 Å². The Morgan fingerprint density at radius 1 is 1.62 bits per heavy atom. The summed E-state index contributed by atoms with van der Waals surface area (Å²) < 4.78 is 5.97. The van der Waals surface area contributed by atoms with Crippen LogP contribution < -0.4 is 10.1 Å². The van der Waals surface area contributed by atoms with Crippen molar-refractivity contribution in [3.63, 3.8) is 0 Å². The number of hydrogen-bond acceptors (Lipinski definition) is 3. The van der Waals surface area contributed by atoms with Crippen LogP contribution in [0.2, 0.25) is 0 Å². The predicted molar refractivity (Wildman–Crippen MR) is 64.7 cm³/mol. The third kappa shape index (κ3) is 3.50. The van der Waals surface area contributed by atoms with Crippen LogP contribution >= 0.6 is 15.9 Å². The molecule has 0 bridgehead atoms. The van der Waals surface area contributed by atoms with Crippen molar-refractivity contribution < 1.29 is 14.6 Å². The van der Waals surface area contributed by atoms with Crippen LogP contribution in [0, 0.1) is 0 Å². The van der Waals surface area contributed by atoms with Gasteiger partial charge in [-0.1, -0.05) is 6.07 Å². The van der Waals surface area contributed by atoms with E-state index < -0.39 is 5.97 Å². The standard InChI is InChI=1S/C11H14BrNO3/c1-7(13-6-11(14)15)8-3-4-10(16-2)9(12)5-8/h3-5,7,13H,6H2,1-2H3,(H,14,15). The largest absolute Gasteiger partial charge is 0.496 e. The lowest BCUT2D eigenvalue weighted by molar-refractivity contribution is -0.136. The number of nitrogens with one attached hydrogen (secondary N) is 1. The summed E-state index contributed by atoms with van der Waals surface area (Å²) in [7, 11) is 1.60. The normalized spacial score (nSPS) is 12.2. The maximum Gasteiger partial charge on any atom is 0.317 e. The van der Waals surface area contributed by atoms with Crippen molar-refractivity contribution in [3.8, 4) is 5.75 Å². The first-order valence-electron chi connectivity index (χ1n) is 4.83. The number of methoxy groups -OCH3 is 1. The van der Waals surface area contributed by atoms with Gasteiger partial charge in [0.2, 0.25) is 0 Å². The topological polar surface area (TPSA) is 58.6 Å². The molecule has 88 valence electrons. The lowest BCUT2D eigenvalue weighted by Crippen LogP contribution is -2.25. The molecule has 2 N–H and O–H groups in total. The van der Waals surface area contributed by atoms with Gasteiger partial charge in [0.25, 0.3) is 0 Å². The molecular formula is C11H14BrNO3. The first kappa shape index (κ1) is 13.0. The Balaban J connectivity index is 2.72. The highest BCUT2D eigenvalue weighted by molar-refractivity contribution is 9.10. The summed E-state index contributed by atoms with van der Waals surface area (Å²) in [6, 6.07) is 5.65.